The van der Waals surface area contributed by atoms with Crippen LogP contribution in [0, 0.1) is 10.1 Å². The number of unbranched alkanes of at least 4 members (excludes halogenated alkanes) is 1. The number of nitro groups is 1. The van der Waals surface area contributed by atoms with Crippen molar-refractivity contribution in [3.8, 4) is 5.75 Å². The summed E-state index contributed by atoms with van der Waals surface area (Å²) in [6.07, 6.45) is 1.91. The molecule has 1 aromatic heterocycles. The Kier molecular flexibility index (Phi) is 8.71. The molecular formula is C26H28ClN3O6S2. The smallest absolute Gasteiger partial charge is 0.289 e. The molecule has 0 fully saturated rings. The topological polar surface area (TPSA) is 110 Å². The van der Waals surface area contributed by atoms with Gasteiger partial charge < -0.3 is 9.64 Å². The average molecular weight is 578 g/mol. The van der Waals surface area contributed by atoms with E-state index in [1.54, 1.807) is 23.3 Å². The Bertz CT molecular complexity index is 1420. The van der Waals surface area contributed by atoms with Crippen LogP contribution < -0.4 is 4.74 Å². The number of nitro benzene ring substituents is 1. The minimum atomic E-state index is -4.21. The predicted molar refractivity (Wildman–Crippen MR) is 146 cm³/mol. The van der Waals surface area contributed by atoms with Crippen molar-refractivity contribution in [2.45, 2.75) is 37.1 Å². The number of ether oxygens (including phenoxy) is 1. The molecule has 12 heteroatoms. The summed E-state index contributed by atoms with van der Waals surface area (Å²) in [5.74, 6) is 0.354. The van der Waals surface area contributed by atoms with Crippen LogP contribution in [0.15, 0.2) is 58.8 Å². The summed E-state index contributed by atoms with van der Waals surface area (Å²) in [5.41, 5.74) is 1.42. The van der Waals surface area contributed by atoms with E-state index in [-0.39, 0.29) is 35.0 Å². The normalized spacial score (nSPS) is 15.4. The molecule has 0 radical (unpaired) electrons. The zero-order chi connectivity index (χ0) is 27.4. The number of thiophene rings is 1. The highest BCUT2D eigenvalue weighted by Crippen LogP contribution is 2.38. The fraction of sp³-hybridized carbons (Fsp3) is 0.346. The van der Waals surface area contributed by atoms with Gasteiger partial charge in [-0.1, -0.05) is 37.1 Å². The van der Waals surface area contributed by atoms with Crippen molar-refractivity contribution in [2.75, 3.05) is 26.7 Å². The Hall–Kier alpha value is -2.99. The molecule has 0 saturated heterocycles. The summed E-state index contributed by atoms with van der Waals surface area (Å²) in [5, 5.41) is 13.2. The molecule has 1 amide bonds. The highest BCUT2D eigenvalue weighted by Gasteiger charge is 2.36. The molecule has 1 aliphatic heterocycles. The average Bonchev–Trinajstić information content (AvgIpc) is 3.39. The first kappa shape index (κ1) is 28.0. The molecule has 0 spiro atoms. The van der Waals surface area contributed by atoms with Crippen LogP contribution in [0.1, 0.15) is 41.8 Å². The van der Waals surface area contributed by atoms with Gasteiger partial charge in [0, 0.05) is 24.0 Å². The second-order valence-electron chi connectivity index (χ2n) is 8.87. The zero-order valence-corrected chi connectivity index (χ0v) is 23.4. The minimum Gasteiger partial charge on any atom is -0.497 e. The lowest BCUT2D eigenvalue weighted by atomic mass is 9.93. The molecule has 2 heterocycles. The van der Waals surface area contributed by atoms with Crippen molar-refractivity contribution in [2.24, 2.45) is 0 Å². The highest BCUT2D eigenvalue weighted by atomic mass is 35.5. The summed E-state index contributed by atoms with van der Waals surface area (Å²) in [6, 6.07) is 12.5. The third kappa shape index (κ3) is 5.70. The molecule has 2 aromatic carbocycles. The predicted octanol–water partition coefficient (Wildman–Crippen LogP) is 5.28. The number of carbonyl (C=O) groups excluding carboxylic acids is 1. The second kappa shape index (κ2) is 11.8. The largest absolute Gasteiger partial charge is 0.497 e. The maximum atomic E-state index is 13.8. The lowest BCUT2D eigenvalue weighted by molar-refractivity contribution is -0.384. The first-order valence-corrected chi connectivity index (χ1v) is 14.8. The third-order valence-electron chi connectivity index (χ3n) is 6.54. The molecule has 38 heavy (non-hydrogen) atoms. The molecule has 9 nitrogen and oxygen atoms in total. The van der Waals surface area contributed by atoms with Gasteiger partial charge in [0.2, 0.25) is 15.9 Å². The number of carbonyl (C=O) groups is 1. The maximum absolute atomic E-state index is 13.8. The van der Waals surface area contributed by atoms with Crippen LogP contribution in [0.2, 0.25) is 5.02 Å². The van der Waals surface area contributed by atoms with E-state index in [0.29, 0.717) is 31.6 Å². The van der Waals surface area contributed by atoms with E-state index >= 15 is 0 Å². The van der Waals surface area contributed by atoms with E-state index in [2.05, 4.69) is 0 Å². The van der Waals surface area contributed by atoms with Gasteiger partial charge in [0.25, 0.3) is 5.69 Å². The summed E-state index contributed by atoms with van der Waals surface area (Å²) >= 11 is 7.54. The first-order valence-electron chi connectivity index (χ1n) is 12.1. The van der Waals surface area contributed by atoms with Crippen LogP contribution in [0.3, 0.4) is 0 Å². The van der Waals surface area contributed by atoms with Gasteiger partial charge in [-0.15, -0.1) is 11.3 Å². The van der Waals surface area contributed by atoms with Gasteiger partial charge in [0.1, 0.15) is 10.8 Å². The van der Waals surface area contributed by atoms with E-state index in [1.807, 2.05) is 42.6 Å². The van der Waals surface area contributed by atoms with Crippen LogP contribution in [0.4, 0.5) is 5.69 Å². The number of benzene rings is 2. The lowest BCUT2D eigenvalue weighted by Gasteiger charge is -2.37. The van der Waals surface area contributed by atoms with Crippen molar-refractivity contribution in [1.29, 1.82) is 0 Å². The molecule has 0 N–H and O–H groups in total. The Labute approximate surface area is 230 Å². The quantitative estimate of drug-likeness (QED) is 0.239. The number of sulfonamides is 1. The molecule has 3 aromatic rings. The summed E-state index contributed by atoms with van der Waals surface area (Å²) < 4.78 is 33.6. The monoisotopic (exact) mass is 577 g/mol. The van der Waals surface area contributed by atoms with Gasteiger partial charge in [-0.3, -0.25) is 14.9 Å². The zero-order valence-electron chi connectivity index (χ0n) is 21.0. The van der Waals surface area contributed by atoms with E-state index < -0.39 is 20.6 Å². The van der Waals surface area contributed by atoms with Gasteiger partial charge >= 0.3 is 0 Å². The number of hydrogen-bond donors (Lipinski definition) is 0. The summed E-state index contributed by atoms with van der Waals surface area (Å²) in [4.78, 5) is 27.1. The van der Waals surface area contributed by atoms with Gasteiger partial charge in [-0.25, -0.2) is 8.42 Å². The van der Waals surface area contributed by atoms with Crippen molar-refractivity contribution in [3.63, 3.8) is 0 Å². The number of rotatable bonds is 10. The Morgan fingerprint density at radius 2 is 1.97 bits per heavy atom. The van der Waals surface area contributed by atoms with Gasteiger partial charge in [-0.2, -0.15) is 4.31 Å². The number of fused-ring (bicyclic) bond motifs is 1. The van der Waals surface area contributed by atoms with Crippen molar-refractivity contribution < 1.29 is 22.9 Å². The molecule has 0 bridgehead atoms. The number of amides is 1. The first-order chi connectivity index (χ1) is 18.2. The Balaban J connectivity index is 1.67. The molecule has 1 aliphatic rings. The van der Waals surface area contributed by atoms with Gasteiger partial charge in [0.15, 0.2) is 0 Å². The van der Waals surface area contributed by atoms with Crippen LogP contribution in [0.5, 0.6) is 5.75 Å². The number of halogens is 1. The molecule has 1 atom stereocenters. The van der Waals surface area contributed by atoms with Gasteiger partial charge in [0.05, 0.1) is 29.5 Å². The second-order valence-corrected chi connectivity index (χ2v) is 12.2. The molecule has 0 saturated carbocycles. The van der Waals surface area contributed by atoms with E-state index in [4.69, 9.17) is 16.3 Å². The highest BCUT2D eigenvalue weighted by molar-refractivity contribution is 7.89. The van der Waals surface area contributed by atoms with Crippen molar-refractivity contribution in [3.05, 3.63) is 85.1 Å². The minimum absolute atomic E-state index is 0.103. The molecule has 202 valence electrons. The summed E-state index contributed by atoms with van der Waals surface area (Å²) in [7, 11) is -2.63. The standard InChI is InChI=1S/C26H28ClN3O6S2/c1-3-4-13-28(38(34,35)20-9-10-22(27)23(16-20)30(32)33)17-25(31)29-14-11-24-21(12-15-37-24)26(29)18-5-7-19(36-2)8-6-18/h5-10,12,15-16,26H,3-4,11,13-14,17H2,1-2H3. The molecule has 4 rings (SSSR count). The van der Waals surface area contributed by atoms with E-state index in [1.165, 1.54) is 17.0 Å². The van der Waals surface area contributed by atoms with Crippen molar-refractivity contribution >= 4 is 44.6 Å². The fourth-order valence-electron chi connectivity index (χ4n) is 4.53. The van der Waals surface area contributed by atoms with Crippen molar-refractivity contribution in [1.82, 2.24) is 9.21 Å². The lowest BCUT2D eigenvalue weighted by Crippen LogP contribution is -2.47. The summed E-state index contributed by atoms with van der Waals surface area (Å²) in [6.45, 7) is 2.08. The Morgan fingerprint density at radius 3 is 2.63 bits per heavy atom. The maximum Gasteiger partial charge on any atom is 0.289 e. The van der Waals surface area contributed by atoms with E-state index in [0.717, 1.165) is 21.5 Å². The fourth-order valence-corrected chi connectivity index (χ4v) is 7.07. The van der Waals surface area contributed by atoms with Crippen LogP contribution in [-0.4, -0.2) is 55.2 Å². The number of methoxy groups -OCH3 is 1. The molecular weight excluding hydrogens is 550 g/mol. The molecule has 0 aliphatic carbocycles. The third-order valence-corrected chi connectivity index (χ3v) is 9.70. The SMILES string of the molecule is CCCCN(CC(=O)N1CCc2sccc2C1c1ccc(OC)cc1)S(=O)(=O)c1ccc(Cl)c([N+](=O)[O-])c1. The van der Waals surface area contributed by atoms with E-state index in [9.17, 15) is 23.3 Å². The van der Waals surface area contributed by atoms with Crippen LogP contribution in [-0.2, 0) is 21.2 Å². The van der Waals surface area contributed by atoms with Crippen LogP contribution >= 0.6 is 22.9 Å². The Morgan fingerprint density at radius 1 is 1.24 bits per heavy atom. The number of hydrogen-bond acceptors (Lipinski definition) is 7. The molecule has 1 unspecified atom stereocenters. The van der Waals surface area contributed by atoms with Crippen LogP contribution in [0.25, 0.3) is 0 Å². The number of nitrogens with zero attached hydrogens (tertiary/aromatic N) is 3. The van der Waals surface area contributed by atoms with Gasteiger partial charge in [-0.05, 0) is 59.7 Å².